The summed E-state index contributed by atoms with van der Waals surface area (Å²) in [6, 6.07) is 18.7. The zero-order valence-electron chi connectivity index (χ0n) is 16.8. The van der Waals surface area contributed by atoms with Gasteiger partial charge in [0.15, 0.2) is 19.3 Å². The second-order valence-corrected chi connectivity index (χ2v) is 7.80. The van der Waals surface area contributed by atoms with Crippen LogP contribution in [-0.4, -0.2) is 50.2 Å². The van der Waals surface area contributed by atoms with Crippen LogP contribution in [-0.2, 0) is 10.2 Å². The fraction of sp³-hybridized carbons (Fsp3) is 0.375. The van der Waals surface area contributed by atoms with Crippen molar-refractivity contribution in [2.24, 2.45) is 0 Å². The molecule has 2 heterocycles. The van der Waals surface area contributed by atoms with E-state index >= 15 is 0 Å². The van der Waals surface area contributed by atoms with Crippen molar-refractivity contribution in [3.63, 3.8) is 0 Å². The van der Waals surface area contributed by atoms with Crippen molar-refractivity contribution in [1.29, 1.82) is 0 Å². The Morgan fingerprint density at radius 1 is 1.04 bits per heavy atom. The van der Waals surface area contributed by atoms with Crippen molar-refractivity contribution in [1.82, 2.24) is 0 Å². The Morgan fingerprint density at radius 3 is 2.54 bits per heavy atom. The predicted octanol–water partition coefficient (Wildman–Crippen LogP) is 3.86. The molecule has 0 N–H and O–H groups in total. The number of morpholine rings is 1. The summed E-state index contributed by atoms with van der Waals surface area (Å²) in [6.45, 7) is 9.59. The van der Waals surface area contributed by atoms with E-state index in [2.05, 4.69) is 59.9 Å². The molecule has 0 aliphatic carbocycles. The zero-order valence-corrected chi connectivity index (χ0v) is 16.8. The van der Waals surface area contributed by atoms with Crippen LogP contribution in [0.2, 0.25) is 0 Å². The molecule has 0 bridgehead atoms. The van der Waals surface area contributed by atoms with Gasteiger partial charge in [0.1, 0.15) is 25.6 Å². The highest BCUT2D eigenvalue weighted by Gasteiger charge is 2.39. The molecule has 0 aromatic heterocycles. The first-order chi connectivity index (χ1) is 13.7. The van der Waals surface area contributed by atoms with E-state index in [0.29, 0.717) is 6.61 Å². The molecule has 2 aliphatic heterocycles. The van der Waals surface area contributed by atoms with E-state index in [9.17, 15) is 0 Å². The van der Waals surface area contributed by atoms with Crippen LogP contribution in [0.25, 0.3) is 0 Å². The Labute approximate surface area is 167 Å². The van der Waals surface area contributed by atoms with Crippen LogP contribution < -0.4 is 9.64 Å². The van der Waals surface area contributed by atoms with Crippen molar-refractivity contribution >= 4 is 11.9 Å². The Hall–Kier alpha value is -2.59. The average Bonchev–Trinajstić information content (AvgIpc) is 2.95. The molecule has 0 amide bonds. The highest BCUT2D eigenvalue weighted by atomic mass is 16.5. The molecular formula is C24H29N2O2+. The minimum atomic E-state index is -0.0356. The van der Waals surface area contributed by atoms with E-state index in [4.69, 9.17) is 9.47 Å². The summed E-state index contributed by atoms with van der Waals surface area (Å²) < 4.78 is 13.8. The summed E-state index contributed by atoms with van der Waals surface area (Å²) in [5.41, 5.74) is 3.94. The number of allylic oxidation sites excluding steroid dienone is 2. The number of rotatable bonds is 5. The Bertz CT molecular complexity index is 863. The van der Waals surface area contributed by atoms with Gasteiger partial charge in [-0.15, -0.1) is 0 Å². The van der Waals surface area contributed by atoms with Gasteiger partial charge in [0.05, 0.1) is 6.54 Å². The van der Waals surface area contributed by atoms with Gasteiger partial charge in [-0.05, 0) is 23.8 Å². The van der Waals surface area contributed by atoms with Crippen LogP contribution >= 0.6 is 0 Å². The Kier molecular flexibility index (Phi) is 5.49. The van der Waals surface area contributed by atoms with Gasteiger partial charge in [0.2, 0.25) is 0 Å². The molecule has 0 radical (unpaired) electrons. The number of anilines is 1. The lowest BCUT2D eigenvalue weighted by molar-refractivity contribution is -0.544. The minimum absolute atomic E-state index is 0.0356. The van der Waals surface area contributed by atoms with Crippen LogP contribution in [0.5, 0.6) is 5.75 Å². The molecule has 1 saturated heterocycles. The fourth-order valence-corrected chi connectivity index (χ4v) is 4.06. The maximum atomic E-state index is 5.99. The van der Waals surface area contributed by atoms with Gasteiger partial charge in [-0.3, -0.25) is 0 Å². The summed E-state index contributed by atoms with van der Waals surface area (Å²) >= 11 is 0. The van der Waals surface area contributed by atoms with Crippen molar-refractivity contribution in [2.75, 3.05) is 44.4 Å². The molecule has 4 nitrogen and oxygen atoms in total. The van der Waals surface area contributed by atoms with Crippen LogP contribution in [0.1, 0.15) is 19.4 Å². The minimum Gasteiger partial charge on any atom is -0.492 e. The first-order valence-electron chi connectivity index (χ1n) is 10.1. The number of benzene rings is 2. The Balaban J connectivity index is 1.58. The first-order valence-corrected chi connectivity index (χ1v) is 10.1. The number of fused-ring (bicyclic) bond motifs is 1. The van der Waals surface area contributed by atoms with Crippen LogP contribution in [0.4, 0.5) is 5.69 Å². The molecule has 1 fully saturated rings. The van der Waals surface area contributed by atoms with E-state index in [1.807, 2.05) is 30.3 Å². The molecule has 2 aromatic carbocycles. The normalized spacial score (nSPS) is 19.6. The number of hydrogen-bond acceptors (Lipinski definition) is 3. The third-order valence-electron chi connectivity index (χ3n) is 5.62. The van der Waals surface area contributed by atoms with Gasteiger partial charge in [-0.2, -0.15) is 0 Å². The van der Waals surface area contributed by atoms with Crippen LogP contribution in [0, 0.1) is 0 Å². The average molecular weight is 378 g/mol. The number of hydrogen-bond donors (Lipinski definition) is 0. The summed E-state index contributed by atoms with van der Waals surface area (Å²) in [7, 11) is 0. The van der Waals surface area contributed by atoms with E-state index in [1.165, 1.54) is 16.9 Å². The van der Waals surface area contributed by atoms with Gasteiger partial charge in [-0.1, -0.05) is 50.2 Å². The standard InChI is InChI=1S/C24H29N2O2/c1-24(2)21-10-6-7-11-22(21)26(16-19-28-20-8-4-3-5-9-20)23(24)12-13-25-14-17-27-18-15-25/h3-13H,14-19H2,1-2H3/q+1. The highest BCUT2D eigenvalue weighted by Crippen LogP contribution is 2.47. The molecule has 28 heavy (non-hydrogen) atoms. The number of para-hydroxylation sites is 2. The topological polar surface area (TPSA) is 24.7 Å². The lowest BCUT2D eigenvalue weighted by atomic mass is 9.84. The van der Waals surface area contributed by atoms with Crippen molar-refractivity contribution in [3.05, 3.63) is 71.9 Å². The van der Waals surface area contributed by atoms with Crippen molar-refractivity contribution in [2.45, 2.75) is 19.3 Å². The molecule has 0 spiro atoms. The van der Waals surface area contributed by atoms with Gasteiger partial charge in [-0.25, -0.2) is 4.58 Å². The van der Waals surface area contributed by atoms with Crippen molar-refractivity contribution in [3.8, 4) is 5.75 Å². The van der Waals surface area contributed by atoms with Gasteiger partial charge < -0.3 is 14.4 Å². The first kappa shape index (κ1) is 18.8. The van der Waals surface area contributed by atoms with Gasteiger partial charge >= 0.3 is 0 Å². The molecule has 2 aliphatic rings. The second kappa shape index (κ2) is 8.19. The zero-order chi connectivity index (χ0) is 19.4. The molecule has 2 aromatic rings. The third-order valence-corrected chi connectivity index (χ3v) is 5.62. The largest absolute Gasteiger partial charge is 0.492 e. The maximum Gasteiger partial charge on any atom is 0.166 e. The van der Waals surface area contributed by atoms with Crippen LogP contribution in [0.15, 0.2) is 66.4 Å². The van der Waals surface area contributed by atoms with Crippen molar-refractivity contribution < 1.29 is 14.0 Å². The second-order valence-electron chi connectivity index (χ2n) is 7.80. The van der Waals surface area contributed by atoms with Gasteiger partial charge in [0, 0.05) is 22.9 Å². The predicted molar refractivity (Wildman–Crippen MR) is 114 cm³/mol. The monoisotopic (exact) mass is 377 g/mol. The summed E-state index contributed by atoms with van der Waals surface area (Å²) in [6.07, 6.45) is 4.52. The molecule has 4 heteroatoms. The van der Waals surface area contributed by atoms with Gasteiger partial charge in [0.25, 0.3) is 0 Å². The third kappa shape index (κ3) is 3.83. The Morgan fingerprint density at radius 2 is 1.75 bits per heavy atom. The fourth-order valence-electron chi connectivity index (χ4n) is 4.06. The molecule has 4 rings (SSSR count). The molecule has 0 saturated carbocycles. The van der Waals surface area contributed by atoms with E-state index < -0.39 is 0 Å². The lowest BCUT2D eigenvalue weighted by Gasteiger charge is -2.26. The van der Waals surface area contributed by atoms with E-state index in [-0.39, 0.29) is 5.41 Å². The molecule has 146 valence electrons. The maximum absolute atomic E-state index is 5.99. The van der Waals surface area contributed by atoms with Crippen LogP contribution in [0.3, 0.4) is 0 Å². The summed E-state index contributed by atoms with van der Waals surface area (Å²) in [5, 5.41) is 0. The highest BCUT2D eigenvalue weighted by molar-refractivity contribution is 5.77. The summed E-state index contributed by atoms with van der Waals surface area (Å²) in [5.74, 6) is 0.916. The summed E-state index contributed by atoms with van der Waals surface area (Å²) in [4.78, 5) is 2.41. The number of ether oxygens (including phenoxy) is 2. The quantitative estimate of drug-likeness (QED) is 0.740. The smallest absolute Gasteiger partial charge is 0.166 e. The molecule has 0 unspecified atom stereocenters. The lowest BCUT2D eigenvalue weighted by Crippen LogP contribution is -2.32. The molecular weight excluding hydrogens is 348 g/mol. The van der Waals surface area contributed by atoms with E-state index in [0.717, 1.165) is 38.6 Å². The van der Waals surface area contributed by atoms with E-state index in [1.54, 1.807) is 0 Å². The number of nitrogens with zero attached hydrogens (tertiary/aromatic N) is 2. The SMILES string of the molecule is CC1(C)C(=CC=[N+]2CCOCC2)N(CCOc2ccccc2)c2ccccc21. The molecule has 0 atom stereocenters.